The molecule has 1 N–H and O–H groups in total. The highest BCUT2D eigenvalue weighted by Crippen LogP contribution is 2.19. The lowest BCUT2D eigenvalue weighted by Gasteiger charge is -2.21. The predicted molar refractivity (Wildman–Crippen MR) is 88.2 cm³/mol. The molecule has 0 amide bonds. The zero-order valence-electron chi connectivity index (χ0n) is 13.8. The van der Waals surface area contributed by atoms with Crippen LogP contribution in [0, 0.1) is 0 Å². The van der Waals surface area contributed by atoms with Crippen LogP contribution in [0.1, 0.15) is 37.6 Å². The van der Waals surface area contributed by atoms with Crippen LogP contribution >= 0.6 is 0 Å². The van der Waals surface area contributed by atoms with Gasteiger partial charge in [0.2, 0.25) is 0 Å². The Bertz CT molecular complexity index is 415. The van der Waals surface area contributed by atoms with Gasteiger partial charge in [0.15, 0.2) is 0 Å². The van der Waals surface area contributed by atoms with E-state index in [0.29, 0.717) is 0 Å². The molecular weight excluding hydrogens is 260 g/mol. The van der Waals surface area contributed by atoms with Crippen molar-refractivity contribution in [2.75, 3.05) is 33.7 Å². The SMILES string of the molecule is CCN(CCCN(C)C)Cc1cccc(CNC2CC2)n1. The van der Waals surface area contributed by atoms with E-state index < -0.39 is 0 Å². The Morgan fingerprint density at radius 2 is 1.95 bits per heavy atom. The molecule has 1 aromatic rings. The van der Waals surface area contributed by atoms with E-state index in [2.05, 4.69) is 54.3 Å². The van der Waals surface area contributed by atoms with E-state index in [1.54, 1.807) is 0 Å². The van der Waals surface area contributed by atoms with Gasteiger partial charge in [0, 0.05) is 19.1 Å². The molecule has 0 atom stereocenters. The Kier molecular flexibility index (Phi) is 6.61. The predicted octanol–water partition coefficient (Wildman–Crippen LogP) is 2.11. The van der Waals surface area contributed by atoms with E-state index in [1.807, 2.05) is 0 Å². The molecule has 0 spiro atoms. The fourth-order valence-corrected chi connectivity index (χ4v) is 2.44. The van der Waals surface area contributed by atoms with Crippen LogP contribution in [0.4, 0.5) is 0 Å². The van der Waals surface area contributed by atoms with Gasteiger partial charge in [0.25, 0.3) is 0 Å². The summed E-state index contributed by atoms with van der Waals surface area (Å²) in [7, 11) is 4.27. The van der Waals surface area contributed by atoms with Crippen LogP contribution in [-0.4, -0.2) is 54.6 Å². The first kappa shape index (κ1) is 16.4. The minimum Gasteiger partial charge on any atom is -0.309 e. The van der Waals surface area contributed by atoms with E-state index in [4.69, 9.17) is 4.98 Å². The van der Waals surface area contributed by atoms with Gasteiger partial charge in [0.05, 0.1) is 11.4 Å². The summed E-state index contributed by atoms with van der Waals surface area (Å²) in [5, 5.41) is 3.53. The van der Waals surface area contributed by atoms with Gasteiger partial charge in [-0.1, -0.05) is 13.0 Å². The summed E-state index contributed by atoms with van der Waals surface area (Å²) >= 11 is 0. The number of aromatic nitrogens is 1. The first-order valence-electron chi connectivity index (χ1n) is 8.22. The summed E-state index contributed by atoms with van der Waals surface area (Å²) in [4.78, 5) is 9.51. The molecule has 0 saturated heterocycles. The fourth-order valence-electron chi connectivity index (χ4n) is 2.44. The molecule has 21 heavy (non-hydrogen) atoms. The summed E-state index contributed by atoms with van der Waals surface area (Å²) in [6.07, 6.45) is 3.87. The number of hydrogen-bond donors (Lipinski definition) is 1. The van der Waals surface area contributed by atoms with Crippen LogP contribution < -0.4 is 5.32 Å². The fraction of sp³-hybridized carbons (Fsp3) is 0.706. The molecule has 0 unspecified atom stereocenters. The minimum atomic E-state index is 0.744. The average molecular weight is 290 g/mol. The topological polar surface area (TPSA) is 31.4 Å². The third-order valence-corrected chi connectivity index (χ3v) is 3.93. The third kappa shape index (κ3) is 6.55. The highest BCUT2D eigenvalue weighted by atomic mass is 15.1. The highest BCUT2D eigenvalue weighted by molar-refractivity contribution is 5.11. The maximum absolute atomic E-state index is 4.79. The number of hydrogen-bond acceptors (Lipinski definition) is 4. The second-order valence-corrected chi connectivity index (χ2v) is 6.30. The van der Waals surface area contributed by atoms with Gasteiger partial charge in [-0.3, -0.25) is 9.88 Å². The van der Waals surface area contributed by atoms with Crippen LogP contribution in [0.5, 0.6) is 0 Å². The van der Waals surface area contributed by atoms with Gasteiger partial charge in [0.1, 0.15) is 0 Å². The minimum absolute atomic E-state index is 0.744. The first-order valence-corrected chi connectivity index (χ1v) is 8.22. The van der Waals surface area contributed by atoms with Crippen LogP contribution in [0.3, 0.4) is 0 Å². The smallest absolute Gasteiger partial charge is 0.0547 e. The number of nitrogens with zero attached hydrogens (tertiary/aromatic N) is 3. The Morgan fingerprint density at radius 3 is 2.62 bits per heavy atom. The molecule has 1 aliphatic carbocycles. The molecule has 0 aromatic carbocycles. The monoisotopic (exact) mass is 290 g/mol. The molecule has 1 saturated carbocycles. The lowest BCUT2D eigenvalue weighted by Crippen LogP contribution is -2.27. The van der Waals surface area contributed by atoms with Crippen molar-refractivity contribution >= 4 is 0 Å². The third-order valence-electron chi connectivity index (χ3n) is 3.93. The lowest BCUT2D eigenvalue weighted by atomic mass is 10.2. The van der Waals surface area contributed by atoms with Crippen molar-refractivity contribution in [2.45, 2.75) is 45.3 Å². The molecule has 2 rings (SSSR count). The normalized spacial score (nSPS) is 15.1. The van der Waals surface area contributed by atoms with Gasteiger partial charge >= 0.3 is 0 Å². The molecule has 1 heterocycles. The summed E-state index contributed by atoms with van der Waals surface area (Å²) in [6.45, 7) is 7.47. The van der Waals surface area contributed by atoms with Crippen molar-refractivity contribution in [1.82, 2.24) is 20.1 Å². The Hall–Kier alpha value is -0.970. The van der Waals surface area contributed by atoms with Gasteiger partial charge < -0.3 is 10.2 Å². The van der Waals surface area contributed by atoms with Gasteiger partial charge in [-0.15, -0.1) is 0 Å². The van der Waals surface area contributed by atoms with Gasteiger partial charge in [-0.25, -0.2) is 0 Å². The van der Waals surface area contributed by atoms with E-state index in [0.717, 1.165) is 38.8 Å². The average Bonchev–Trinajstić information content (AvgIpc) is 3.28. The van der Waals surface area contributed by atoms with Crippen molar-refractivity contribution < 1.29 is 0 Å². The van der Waals surface area contributed by atoms with E-state index in [-0.39, 0.29) is 0 Å². The maximum atomic E-state index is 4.79. The van der Waals surface area contributed by atoms with Crippen molar-refractivity contribution in [1.29, 1.82) is 0 Å². The zero-order chi connectivity index (χ0) is 15.1. The summed E-state index contributed by atoms with van der Waals surface area (Å²) in [6, 6.07) is 7.16. The number of nitrogens with one attached hydrogen (secondary N) is 1. The maximum Gasteiger partial charge on any atom is 0.0547 e. The second-order valence-electron chi connectivity index (χ2n) is 6.30. The number of pyridine rings is 1. The molecule has 4 heteroatoms. The van der Waals surface area contributed by atoms with E-state index >= 15 is 0 Å². The lowest BCUT2D eigenvalue weighted by molar-refractivity contribution is 0.256. The first-order chi connectivity index (χ1) is 10.2. The van der Waals surface area contributed by atoms with Crippen molar-refractivity contribution in [2.24, 2.45) is 0 Å². The van der Waals surface area contributed by atoms with Crippen molar-refractivity contribution in [3.05, 3.63) is 29.6 Å². The summed E-state index contributed by atoms with van der Waals surface area (Å²) < 4.78 is 0. The summed E-state index contributed by atoms with van der Waals surface area (Å²) in [5.41, 5.74) is 2.36. The molecule has 0 radical (unpaired) electrons. The molecular formula is C17H30N4. The Morgan fingerprint density at radius 1 is 1.19 bits per heavy atom. The quantitative estimate of drug-likeness (QED) is 0.715. The molecule has 1 aliphatic rings. The molecule has 0 aliphatic heterocycles. The van der Waals surface area contributed by atoms with Crippen LogP contribution in [0.2, 0.25) is 0 Å². The standard InChI is InChI=1S/C17H30N4/c1-4-21(12-6-11-20(2)3)14-17-8-5-7-16(19-17)13-18-15-9-10-15/h5,7-8,15,18H,4,6,9-14H2,1-3H3. The Labute approximate surface area is 129 Å². The summed E-state index contributed by atoms with van der Waals surface area (Å²) in [5.74, 6) is 0. The highest BCUT2D eigenvalue weighted by Gasteiger charge is 2.20. The number of rotatable bonds is 10. The second kappa shape index (κ2) is 8.47. The van der Waals surface area contributed by atoms with Gasteiger partial charge in [-0.05, 0) is 65.1 Å². The van der Waals surface area contributed by atoms with Crippen molar-refractivity contribution in [3.8, 4) is 0 Å². The van der Waals surface area contributed by atoms with Crippen LogP contribution in [0.25, 0.3) is 0 Å². The molecule has 4 nitrogen and oxygen atoms in total. The molecule has 1 fully saturated rings. The van der Waals surface area contributed by atoms with Crippen LogP contribution in [0.15, 0.2) is 18.2 Å². The largest absolute Gasteiger partial charge is 0.309 e. The Balaban J connectivity index is 1.79. The van der Waals surface area contributed by atoms with E-state index in [9.17, 15) is 0 Å². The molecule has 118 valence electrons. The molecule has 1 aromatic heterocycles. The van der Waals surface area contributed by atoms with E-state index in [1.165, 1.54) is 30.7 Å². The van der Waals surface area contributed by atoms with Crippen LogP contribution in [-0.2, 0) is 13.1 Å². The van der Waals surface area contributed by atoms with Crippen molar-refractivity contribution in [3.63, 3.8) is 0 Å². The molecule has 0 bridgehead atoms. The van der Waals surface area contributed by atoms with Gasteiger partial charge in [-0.2, -0.15) is 0 Å². The zero-order valence-corrected chi connectivity index (χ0v) is 13.8.